The minimum absolute atomic E-state index is 0.0612. The first-order chi connectivity index (χ1) is 11.3. The van der Waals surface area contributed by atoms with Crippen LogP contribution in [0.5, 0.6) is 0 Å². The van der Waals surface area contributed by atoms with Crippen molar-refractivity contribution in [2.45, 2.75) is 50.9 Å². The molecule has 0 bridgehead atoms. The Bertz CT molecular complexity index is 846. The van der Waals surface area contributed by atoms with Crippen LogP contribution in [0.4, 0.5) is 0 Å². The van der Waals surface area contributed by atoms with E-state index >= 15 is 0 Å². The molecule has 2 nitrogen and oxygen atoms in total. The van der Waals surface area contributed by atoms with Gasteiger partial charge in [0, 0.05) is 6.07 Å². The van der Waals surface area contributed by atoms with Gasteiger partial charge >= 0.3 is 0 Å². The molecule has 0 N–H and O–H groups in total. The van der Waals surface area contributed by atoms with Crippen molar-refractivity contribution in [2.24, 2.45) is 0 Å². The van der Waals surface area contributed by atoms with Crippen LogP contribution in [0.15, 0.2) is 41.2 Å². The van der Waals surface area contributed by atoms with Crippen molar-refractivity contribution in [3.63, 3.8) is 0 Å². The third kappa shape index (κ3) is 3.16. The lowest BCUT2D eigenvalue weighted by molar-refractivity contribution is 0.456. The monoisotopic (exact) mass is 323 g/mol. The Morgan fingerprint density at radius 3 is 2.52 bits per heavy atom. The van der Waals surface area contributed by atoms with Crippen LogP contribution in [-0.4, -0.2) is 4.98 Å². The normalized spacial score (nSPS) is 17.2. The smallest absolute Gasteiger partial charge is 0.180 e. The molecular weight excluding hydrogens is 302 g/mol. The van der Waals surface area contributed by atoms with E-state index < -0.39 is 0 Å². The maximum atomic E-state index is 11.6. The van der Waals surface area contributed by atoms with E-state index in [0.29, 0.717) is 5.92 Å². The van der Waals surface area contributed by atoms with E-state index in [9.17, 15) is 4.79 Å². The van der Waals surface area contributed by atoms with E-state index in [1.807, 2.05) is 6.07 Å². The van der Waals surface area contributed by atoms with Crippen molar-refractivity contribution in [3.8, 4) is 10.6 Å². The quantitative estimate of drug-likeness (QED) is 0.546. The first kappa shape index (κ1) is 14.8. The third-order valence-corrected chi connectivity index (χ3v) is 6.05. The lowest BCUT2D eigenvalue weighted by Crippen LogP contribution is -2.02. The summed E-state index contributed by atoms with van der Waals surface area (Å²) >= 11 is 1.69. The second-order valence-electron chi connectivity index (χ2n) is 6.61. The highest BCUT2D eigenvalue weighted by molar-refractivity contribution is 7.21. The molecule has 0 spiro atoms. The molecule has 1 fully saturated rings. The number of benzene rings is 2. The van der Waals surface area contributed by atoms with Crippen LogP contribution in [0.1, 0.15) is 56.4 Å². The molecule has 0 aromatic heterocycles. The maximum Gasteiger partial charge on any atom is 0.180 e. The van der Waals surface area contributed by atoms with Crippen molar-refractivity contribution < 1.29 is 0 Å². The average molecular weight is 323 g/mol. The Labute approximate surface area is 140 Å². The topological polar surface area (TPSA) is 30.0 Å². The molecule has 0 amide bonds. The summed E-state index contributed by atoms with van der Waals surface area (Å²) in [5, 5.41) is 0. The first-order valence-corrected chi connectivity index (χ1v) is 9.46. The van der Waals surface area contributed by atoms with E-state index in [-0.39, 0.29) is 5.43 Å². The van der Waals surface area contributed by atoms with Gasteiger partial charge in [0.05, 0.1) is 20.8 Å². The lowest BCUT2D eigenvalue weighted by Gasteiger charge is -2.20. The zero-order chi connectivity index (χ0) is 15.6. The van der Waals surface area contributed by atoms with Crippen LogP contribution in [-0.2, 0) is 0 Å². The summed E-state index contributed by atoms with van der Waals surface area (Å²) in [5.41, 5.74) is 3.47. The van der Waals surface area contributed by atoms with Crippen LogP contribution in [0.3, 0.4) is 0 Å². The fourth-order valence-electron chi connectivity index (χ4n) is 3.67. The minimum Gasteiger partial charge on any atom is -0.290 e. The largest absolute Gasteiger partial charge is 0.290 e. The highest BCUT2D eigenvalue weighted by atomic mass is 32.1. The van der Waals surface area contributed by atoms with Crippen LogP contribution < -0.4 is 5.43 Å². The summed E-state index contributed by atoms with van der Waals surface area (Å²) in [6.07, 6.45) is 9.48. The van der Waals surface area contributed by atoms with Gasteiger partial charge in [-0.2, -0.15) is 0 Å². The minimum atomic E-state index is 0.0612. The Kier molecular flexibility index (Phi) is 4.13. The lowest BCUT2D eigenvalue weighted by atomic mass is 9.86. The van der Waals surface area contributed by atoms with E-state index in [1.54, 1.807) is 23.5 Å². The summed E-state index contributed by atoms with van der Waals surface area (Å²) in [5.74, 6) is 0.688. The zero-order valence-corrected chi connectivity index (χ0v) is 14.1. The van der Waals surface area contributed by atoms with Gasteiger partial charge in [0.15, 0.2) is 5.43 Å². The summed E-state index contributed by atoms with van der Waals surface area (Å²) in [7, 11) is 0. The fourth-order valence-corrected chi connectivity index (χ4v) is 4.71. The molecular formula is C20H21NOS. The highest BCUT2D eigenvalue weighted by Crippen LogP contribution is 2.35. The van der Waals surface area contributed by atoms with Crippen molar-refractivity contribution in [3.05, 3.63) is 52.2 Å². The van der Waals surface area contributed by atoms with Gasteiger partial charge < -0.3 is 0 Å². The predicted octanol–water partition coefficient (Wildman–Crippen LogP) is 5.59. The molecule has 0 saturated heterocycles. The zero-order valence-electron chi connectivity index (χ0n) is 13.3. The van der Waals surface area contributed by atoms with Crippen LogP contribution in [0.2, 0.25) is 0 Å². The fraction of sp³-hybridized carbons (Fsp3) is 0.400. The van der Waals surface area contributed by atoms with Crippen LogP contribution in [0.25, 0.3) is 20.8 Å². The molecule has 1 heterocycles. The second-order valence-corrected chi connectivity index (χ2v) is 7.70. The number of nitrogens with zero attached hydrogens (tertiary/aromatic N) is 1. The number of rotatable bonds is 1. The summed E-state index contributed by atoms with van der Waals surface area (Å²) in [4.78, 5) is 17.3. The average Bonchev–Trinajstić information content (AvgIpc) is 2.52. The van der Waals surface area contributed by atoms with Crippen molar-refractivity contribution in [1.82, 2.24) is 4.98 Å². The van der Waals surface area contributed by atoms with Gasteiger partial charge in [-0.05, 0) is 48.6 Å². The second kappa shape index (κ2) is 6.40. The van der Waals surface area contributed by atoms with Crippen molar-refractivity contribution in [2.75, 3.05) is 0 Å². The SMILES string of the molecule is O=c1ccc2nc3ccc(C4CCCCCCC4)cc3sc-2c1. The summed E-state index contributed by atoms with van der Waals surface area (Å²) in [6.45, 7) is 0. The van der Waals surface area contributed by atoms with Gasteiger partial charge in [-0.3, -0.25) is 4.79 Å². The van der Waals surface area contributed by atoms with Crippen LogP contribution in [0, 0.1) is 0 Å². The molecule has 1 aromatic carbocycles. The number of hydrogen-bond acceptors (Lipinski definition) is 3. The Hall–Kier alpha value is -1.74. The molecule has 118 valence electrons. The number of fused-ring (bicyclic) bond motifs is 2. The standard InChI is InChI=1S/C20H21NOS/c22-16-9-11-18-20(13-16)23-19-12-15(8-10-17(19)21-18)14-6-4-2-1-3-5-7-14/h8-14H,1-7H2. The van der Waals surface area contributed by atoms with Gasteiger partial charge in [0.2, 0.25) is 0 Å². The summed E-state index contributed by atoms with van der Waals surface area (Å²) in [6, 6.07) is 11.9. The van der Waals surface area contributed by atoms with E-state index in [2.05, 4.69) is 18.2 Å². The Morgan fingerprint density at radius 1 is 0.913 bits per heavy atom. The molecule has 3 heteroatoms. The molecule has 3 aliphatic rings. The molecule has 23 heavy (non-hydrogen) atoms. The van der Waals surface area contributed by atoms with Gasteiger partial charge in [0.25, 0.3) is 0 Å². The van der Waals surface area contributed by atoms with Crippen molar-refractivity contribution >= 4 is 21.6 Å². The molecule has 1 saturated carbocycles. The highest BCUT2D eigenvalue weighted by Gasteiger charge is 2.15. The van der Waals surface area contributed by atoms with E-state index in [4.69, 9.17) is 4.98 Å². The molecule has 4 rings (SSSR count). The Balaban J connectivity index is 1.75. The molecule has 2 aliphatic carbocycles. The van der Waals surface area contributed by atoms with Crippen LogP contribution >= 0.6 is 11.3 Å². The number of aromatic nitrogens is 1. The van der Waals surface area contributed by atoms with Gasteiger partial charge in [-0.1, -0.05) is 38.2 Å². The number of hydrogen-bond donors (Lipinski definition) is 0. The summed E-state index contributed by atoms with van der Waals surface area (Å²) < 4.78 is 1.20. The third-order valence-electron chi connectivity index (χ3n) is 4.95. The first-order valence-electron chi connectivity index (χ1n) is 8.64. The van der Waals surface area contributed by atoms with Gasteiger partial charge in [-0.15, -0.1) is 11.3 Å². The van der Waals surface area contributed by atoms with Crippen molar-refractivity contribution in [1.29, 1.82) is 0 Å². The molecule has 0 radical (unpaired) electrons. The molecule has 1 aliphatic heterocycles. The predicted molar refractivity (Wildman–Crippen MR) is 97.6 cm³/mol. The molecule has 0 atom stereocenters. The van der Waals surface area contributed by atoms with Gasteiger partial charge in [0.1, 0.15) is 0 Å². The van der Waals surface area contributed by atoms with Gasteiger partial charge in [-0.25, -0.2) is 4.98 Å². The maximum absolute atomic E-state index is 11.6. The Morgan fingerprint density at radius 2 is 1.70 bits per heavy atom. The van der Waals surface area contributed by atoms with E-state index in [1.165, 1.54) is 55.2 Å². The molecule has 1 aromatic rings. The molecule has 0 unspecified atom stereocenters. The van der Waals surface area contributed by atoms with E-state index in [0.717, 1.165) is 16.1 Å².